The number of hydrogen-bond donors (Lipinski definition) is 2. The molecule has 0 aliphatic heterocycles. The number of carbonyl (C=O) groups is 1. The summed E-state index contributed by atoms with van der Waals surface area (Å²) in [4.78, 5) is 11.1. The van der Waals surface area contributed by atoms with E-state index in [-0.39, 0.29) is 12.2 Å². The smallest absolute Gasteiger partial charge is 0.339 e. The van der Waals surface area contributed by atoms with Crippen LogP contribution in [0.4, 0.5) is 0 Å². The van der Waals surface area contributed by atoms with Gasteiger partial charge in [-0.05, 0) is 60.9 Å². The summed E-state index contributed by atoms with van der Waals surface area (Å²) in [5, 5.41) is 18.1. The third kappa shape index (κ3) is 4.83. The van der Waals surface area contributed by atoms with Crippen molar-refractivity contribution in [3.8, 4) is 5.75 Å². The van der Waals surface area contributed by atoms with Crippen molar-refractivity contribution in [2.24, 2.45) is 0 Å². The Morgan fingerprint density at radius 3 is 2.33 bits per heavy atom. The number of benzene rings is 2. The van der Waals surface area contributed by atoms with Gasteiger partial charge in [0.25, 0.3) is 0 Å². The molecule has 0 atom stereocenters. The number of aliphatic hydroxyl groups excluding tert-OH is 1. The number of methoxy groups -OCH3 is 1. The molecule has 0 amide bonds. The molecule has 0 saturated carbocycles. The van der Waals surface area contributed by atoms with Gasteiger partial charge in [0, 0.05) is 6.61 Å². The van der Waals surface area contributed by atoms with Gasteiger partial charge in [0.1, 0.15) is 11.3 Å². The second-order valence-electron chi connectivity index (χ2n) is 5.79. The first kappa shape index (κ1) is 18.0. The molecule has 4 nitrogen and oxygen atoms in total. The molecule has 0 radical (unpaired) electrons. The van der Waals surface area contributed by atoms with Crippen LogP contribution in [-0.4, -0.2) is 29.9 Å². The van der Waals surface area contributed by atoms with Crippen LogP contribution >= 0.6 is 0 Å². The van der Waals surface area contributed by atoms with E-state index >= 15 is 0 Å². The first-order chi connectivity index (χ1) is 11.7. The molecule has 0 fully saturated rings. The molecule has 2 aromatic carbocycles. The summed E-state index contributed by atoms with van der Waals surface area (Å²) in [6.07, 6.45) is 4.49. The van der Waals surface area contributed by atoms with Crippen molar-refractivity contribution in [1.82, 2.24) is 0 Å². The van der Waals surface area contributed by atoms with Gasteiger partial charge >= 0.3 is 5.97 Å². The highest BCUT2D eigenvalue weighted by Gasteiger charge is 2.11. The second kappa shape index (κ2) is 9.08. The fourth-order valence-corrected chi connectivity index (χ4v) is 2.82. The van der Waals surface area contributed by atoms with Gasteiger partial charge in [0.2, 0.25) is 0 Å². The Morgan fingerprint density at radius 1 is 1.00 bits per heavy atom. The molecule has 0 spiro atoms. The first-order valence-corrected chi connectivity index (χ1v) is 8.23. The average Bonchev–Trinajstić information content (AvgIpc) is 2.60. The van der Waals surface area contributed by atoms with Gasteiger partial charge in [0.05, 0.1) is 7.11 Å². The lowest BCUT2D eigenvalue weighted by Crippen LogP contribution is -2.02. The zero-order chi connectivity index (χ0) is 17.4. The molecule has 0 aliphatic rings. The van der Waals surface area contributed by atoms with Gasteiger partial charge in [-0.1, -0.05) is 30.3 Å². The number of carboxylic acid groups (broad SMARTS) is 1. The van der Waals surface area contributed by atoms with Crippen LogP contribution in [0.5, 0.6) is 5.75 Å². The van der Waals surface area contributed by atoms with Crippen molar-refractivity contribution in [3.05, 3.63) is 64.7 Å². The van der Waals surface area contributed by atoms with Gasteiger partial charge in [-0.15, -0.1) is 0 Å². The predicted molar refractivity (Wildman–Crippen MR) is 93.8 cm³/mol. The van der Waals surface area contributed by atoms with Crippen LogP contribution in [0.1, 0.15) is 39.9 Å². The van der Waals surface area contributed by atoms with E-state index < -0.39 is 5.97 Å². The fourth-order valence-electron chi connectivity index (χ4n) is 2.82. The van der Waals surface area contributed by atoms with Crippen molar-refractivity contribution in [2.75, 3.05) is 13.7 Å². The summed E-state index contributed by atoms with van der Waals surface area (Å²) < 4.78 is 5.18. The summed E-state index contributed by atoms with van der Waals surface area (Å²) in [6.45, 7) is 0.234. The highest BCUT2D eigenvalue weighted by Crippen LogP contribution is 2.22. The van der Waals surface area contributed by atoms with Crippen LogP contribution in [-0.2, 0) is 19.3 Å². The molecule has 0 bridgehead atoms. The monoisotopic (exact) mass is 328 g/mol. The maximum absolute atomic E-state index is 11.1. The van der Waals surface area contributed by atoms with Crippen molar-refractivity contribution in [3.63, 3.8) is 0 Å². The molecule has 4 heteroatoms. The van der Waals surface area contributed by atoms with Crippen molar-refractivity contribution in [1.29, 1.82) is 0 Å². The van der Waals surface area contributed by atoms with E-state index in [2.05, 4.69) is 12.1 Å². The van der Waals surface area contributed by atoms with Crippen LogP contribution in [0.25, 0.3) is 0 Å². The number of ether oxygens (including phenoxy) is 1. The van der Waals surface area contributed by atoms with E-state index in [1.165, 1.54) is 18.2 Å². The van der Waals surface area contributed by atoms with Gasteiger partial charge in [-0.2, -0.15) is 0 Å². The van der Waals surface area contributed by atoms with Crippen LogP contribution in [0.3, 0.4) is 0 Å². The molecular weight excluding hydrogens is 304 g/mol. The summed E-state index contributed by atoms with van der Waals surface area (Å²) in [5.74, 6) is -0.580. The Balaban J connectivity index is 2.07. The van der Waals surface area contributed by atoms with E-state index in [0.29, 0.717) is 5.75 Å². The van der Waals surface area contributed by atoms with Gasteiger partial charge in [-0.3, -0.25) is 0 Å². The molecule has 0 heterocycles. The summed E-state index contributed by atoms with van der Waals surface area (Å²) in [5.41, 5.74) is 3.87. The minimum atomic E-state index is -0.979. The number of hydrogen-bond acceptors (Lipinski definition) is 3. The van der Waals surface area contributed by atoms with Gasteiger partial charge < -0.3 is 14.9 Å². The Kier molecular flexibility index (Phi) is 6.82. The first-order valence-electron chi connectivity index (χ1n) is 8.23. The van der Waals surface area contributed by atoms with Crippen molar-refractivity contribution >= 4 is 5.97 Å². The number of carboxylic acids is 1. The maximum atomic E-state index is 11.1. The van der Waals surface area contributed by atoms with E-state index in [1.54, 1.807) is 12.1 Å². The zero-order valence-electron chi connectivity index (χ0n) is 14.0. The number of unbranched alkanes of at least 4 members (excludes halogenated alkanes) is 1. The summed E-state index contributed by atoms with van der Waals surface area (Å²) in [6, 6.07) is 13.6. The van der Waals surface area contributed by atoms with E-state index in [1.807, 2.05) is 18.2 Å². The third-order valence-electron chi connectivity index (χ3n) is 4.15. The molecule has 2 aromatic rings. The average molecular weight is 328 g/mol. The standard InChI is InChI=1S/C20H24O4/c1-24-19-14-15(10-12-18(19)20(22)23)9-11-17-7-3-2-6-16(17)8-4-5-13-21/h2-3,6-7,10,12,14,21H,4-5,8-9,11,13H2,1H3,(H,22,23). The van der Waals surface area contributed by atoms with Gasteiger partial charge in [0.15, 0.2) is 0 Å². The molecule has 2 N–H and O–H groups in total. The lowest BCUT2D eigenvalue weighted by Gasteiger charge is -2.11. The lowest BCUT2D eigenvalue weighted by atomic mass is 9.96. The molecule has 24 heavy (non-hydrogen) atoms. The van der Waals surface area contributed by atoms with Crippen LogP contribution in [0, 0.1) is 0 Å². The number of aliphatic hydroxyl groups is 1. The fraction of sp³-hybridized carbons (Fsp3) is 0.350. The third-order valence-corrected chi connectivity index (χ3v) is 4.15. The molecule has 0 aromatic heterocycles. The normalized spacial score (nSPS) is 10.6. The second-order valence-corrected chi connectivity index (χ2v) is 5.79. The molecule has 0 unspecified atom stereocenters. The SMILES string of the molecule is COc1cc(CCc2ccccc2CCCCO)ccc1C(=O)O. The molecule has 2 rings (SSSR count). The maximum Gasteiger partial charge on any atom is 0.339 e. The zero-order valence-corrected chi connectivity index (χ0v) is 14.0. The Bertz CT molecular complexity index is 679. The van der Waals surface area contributed by atoms with Crippen LogP contribution in [0.2, 0.25) is 0 Å². The van der Waals surface area contributed by atoms with Crippen molar-refractivity contribution in [2.45, 2.75) is 32.1 Å². The largest absolute Gasteiger partial charge is 0.496 e. The van der Waals surface area contributed by atoms with Gasteiger partial charge in [-0.25, -0.2) is 4.79 Å². The minimum absolute atomic E-state index is 0.186. The Hall–Kier alpha value is -2.33. The quantitative estimate of drug-likeness (QED) is 0.692. The van der Waals surface area contributed by atoms with E-state index in [4.69, 9.17) is 14.9 Å². The number of rotatable bonds is 9. The van der Waals surface area contributed by atoms with E-state index in [9.17, 15) is 4.79 Å². The summed E-state index contributed by atoms with van der Waals surface area (Å²) in [7, 11) is 1.49. The molecule has 0 saturated heterocycles. The molecular formula is C20H24O4. The van der Waals surface area contributed by atoms with Crippen molar-refractivity contribution < 1.29 is 19.7 Å². The predicted octanol–water partition coefficient (Wildman–Crippen LogP) is 3.49. The Labute approximate surface area is 142 Å². The van der Waals surface area contributed by atoms with Crippen LogP contribution in [0.15, 0.2) is 42.5 Å². The minimum Gasteiger partial charge on any atom is -0.496 e. The number of aromatic carboxylic acids is 1. The highest BCUT2D eigenvalue weighted by atomic mass is 16.5. The topological polar surface area (TPSA) is 66.8 Å². The summed E-state index contributed by atoms with van der Waals surface area (Å²) >= 11 is 0. The molecule has 128 valence electrons. The number of aryl methyl sites for hydroxylation is 3. The van der Waals surface area contributed by atoms with E-state index in [0.717, 1.165) is 37.7 Å². The molecule has 0 aliphatic carbocycles. The van der Waals surface area contributed by atoms with Crippen LogP contribution < -0.4 is 4.74 Å². The highest BCUT2D eigenvalue weighted by molar-refractivity contribution is 5.90. The lowest BCUT2D eigenvalue weighted by molar-refractivity contribution is 0.0693. The Morgan fingerprint density at radius 2 is 1.71 bits per heavy atom.